The Labute approximate surface area is 216 Å². The number of anilines is 3. The monoisotopic (exact) mass is 534 g/mol. The van der Waals surface area contributed by atoms with Crippen LogP contribution in [0, 0.1) is 12.8 Å². The fraction of sp³-hybridized carbons (Fsp3) is 0.520. The highest BCUT2D eigenvalue weighted by Gasteiger charge is 2.59. The standard InChI is InChI=1S/C25H32F2N6O3S/c1-17-5-8-22(31-9-11-32(12-10-31)23(34)16-29(2)3)28-24(17)18-6-7-20-21(13-18)30(4)37(35,36)33(20)15-19-14-25(19,26)27/h5-8,13,19H,9-12,14-16H2,1-4H3. The summed E-state index contributed by atoms with van der Waals surface area (Å²) in [4.78, 5) is 23.2. The first kappa shape index (κ1) is 25.7. The summed E-state index contributed by atoms with van der Waals surface area (Å²) in [7, 11) is 1.28. The number of amides is 1. The molecule has 1 aromatic carbocycles. The van der Waals surface area contributed by atoms with Gasteiger partial charge in [-0.25, -0.2) is 13.8 Å². The number of hydrogen-bond acceptors (Lipinski definition) is 6. The first-order chi connectivity index (χ1) is 17.4. The van der Waals surface area contributed by atoms with Gasteiger partial charge in [0, 0.05) is 57.7 Å². The summed E-state index contributed by atoms with van der Waals surface area (Å²) >= 11 is 0. The fourth-order valence-electron chi connectivity index (χ4n) is 4.93. The van der Waals surface area contributed by atoms with Crippen molar-refractivity contribution in [3.05, 3.63) is 35.9 Å². The van der Waals surface area contributed by atoms with Gasteiger partial charge in [0.15, 0.2) is 0 Å². The summed E-state index contributed by atoms with van der Waals surface area (Å²) in [6.07, 6.45) is -0.288. The van der Waals surface area contributed by atoms with Crippen LogP contribution in [0.25, 0.3) is 11.3 Å². The molecule has 0 radical (unpaired) electrons. The zero-order valence-electron chi connectivity index (χ0n) is 21.5. The SMILES string of the molecule is Cc1ccc(N2CCN(C(=O)CN(C)C)CC2)nc1-c1ccc2c(c1)N(C)S(=O)(=O)N2CC1CC1(F)F. The van der Waals surface area contributed by atoms with Gasteiger partial charge in [-0.3, -0.25) is 13.4 Å². The number of aromatic nitrogens is 1. The third-order valence-electron chi connectivity index (χ3n) is 7.31. The molecule has 9 nitrogen and oxygen atoms in total. The van der Waals surface area contributed by atoms with Crippen LogP contribution in [0.15, 0.2) is 30.3 Å². The lowest BCUT2D eigenvalue weighted by atomic mass is 10.0. The maximum atomic E-state index is 13.5. The lowest BCUT2D eigenvalue weighted by Crippen LogP contribution is -2.51. The maximum Gasteiger partial charge on any atom is 0.326 e. The van der Waals surface area contributed by atoms with E-state index in [4.69, 9.17) is 4.98 Å². The first-order valence-corrected chi connectivity index (χ1v) is 13.7. The van der Waals surface area contributed by atoms with Gasteiger partial charge in [0.2, 0.25) is 5.91 Å². The average molecular weight is 535 g/mol. The number of fused-ring (bicyclic) bond motifs is 1. The quantitative estimate of drug-likeness (QED) is 0.567. The second-order valence-corrected chi connectivity index (χ2v) is 12.2. The number of alkyl halides is 2. The van der Waals surface area contributed by atoms with Crippen molar-refractivity contribution in [3.8, 4) is 11.3 Å². The molecule has 1 aliphatic carbocycles. The molecule has 0 bridgehead atoms. The van der Waals surface area contributed by atoms with Crippen LogP contribution in [0.3, 0.4) is 0 Å². The lowest BCUT2D eigenvalue weighted by Gasteiger charge is -2.36. The number of piperazine rings is 1. The molecule has 200 valence electrons. The van der Waals surface area contributed by atoms with Crippen LogP contribution >= 0.6 is 0 Å². The Bertz CT molecular complexity index is 1330. The molecule has 0 spiro atoms. The van der Waals surface area contributed by atoms with Crippen LogP contribution in [-0.2, 0) is 15.0 Å². The Balaban J connectivity index is 1.37. The summed E-state index contributed by atoms with van der Waals surface area (Å²) in [5.74, 6) is -2.86. The van der Waals surface area contributed by atoms with Gasteiger partial charge in [0.05, 0.1) is 23.6 Å². The van der Waals surface area contributed by atoms with Crippen molar-refractivity contribution in [1.82, 2.24) is 14.8 Å². The molecular weight excluding hydrogens is 502 g/mol. The second-order valence-electron chi connectivity index (χ2n) is 10.3. The Morgan fingerprint density at radius 1 is 1.11 bits per heavy atom. The summed E-state index contributed by atoms with van der Waals surface area (Å²) in [6.45, 7) is 4.67. The van der Waals surface area contributed by atoms with Crippen molar-refractivity contribution in [2.75, 3.05) is 73.9 Å². The van der Waals surface area contributed by atoms with Gasteiger partial charge in [0.25, 0.3) is 5.92 Å². The third-order valence-corrected chi connectivity index (χ3v) is 9.11. The van der Waals surface area contributed by atoms with Crippen molar-refractivity contribution in [2.45, 2.75) is 19.3 Å². The molecule has 2 aliphatic heterocycles. The van der Waals surface area contributed by atoms with E-state index in [9.17, 15) is 22.0 Å². The minimum atomic E-state index is -3.92. The molecule has 0 N–H and O–H groups in total. The minimum Gasteiger partial charge on any atom is -0.353 e. The predicted octanol–water partition coefficient (Wildman–Crippen LogP) is 2.42. The summed E-state index contributed by atoms with van der Waals surface area (Å²) in [5, 5.41) is 0. The van der Waals surface area contributed by atoms with Gasteiger partial charge in [-0.1, -0.05) is 12.1 Å². The van der Waals surface area contributed by atoms with Crippen LogP contribution in [0.2, 0.25) is 0 Å². The number of likely N-dealkylation sites (N-methyl/N-ethyl adjacent to an activating group) is 1. The Morgan fingerprint density at radius 2 is 1.78 bits per heavy atom. The molecule has 1 aromatic heterocycles. The van der Waals surface area contributed by atoms with E-state index in [0.717, 1.165) is 31.2 Å². The molecule has 1 atom stereocenters. The highest BCUT2D eigenvalue weighted by atomic mass is 32.2. The zero-order chi connectivity index (χ0) is 26.7. The molecule has 1 saturated carbocycles. The van der Waals surface area contributed by atoms with Crippen LogP contribution in [0.4, 0.5) is 26.0 Å². The van der Waals surface area contributed by atoms with Gasteiger partial charge in [-0.2, -0.15) is 8.42 Å². The summed E-state index contributed by atoms with van der Waals surface area (Å²) in [6, 6.07) is 9.17. The largest absolute Gasteiger partial charge is 0.353 e. The van der Waals surface area contributed by atoms with E-state index in [2.05, 4.69) is 4.90 Å². The number of carbonyl (C=O) groups excluding carboxylic acids is 1. The van der Waals surface area contributed by atoms with E-state index < -0.39 is 22.0 Å². The van der Waals surface area contributed by atoms with Gasteiger partial charge in [0.1, 0.15) is 5.82 Å². The van der Waals surface area contributed by atoms with Gasteiger partial charge in [-0.15, -0.1) is 0 Å². The topological polar surface area (TPSA) is 80.3 Å². The smallest absolute Gasteiger partial charge is 0.326 e. The normalized spacial score (nSPS) is 22.0. The molecule has 37 heavy (non-hydrogen) atoms. The average Bonchev–Trinajstić information content (AvgIpc) is 3.41. The van der Waals surface area contributed by atoms with Crippen molar-refractivity contribution in [2.24, 2.45) is 5.92 Å². The number of carbonyl (C=O) groups is 1. The van der Waals surface area contributed by atoms with Crippen LogP contribution < -0.4 is 13.5 Å². The van der Waals surface area contributed by atoms with Crippen molar-refractivity contribution in [3.63, 3.8) is 0 Å². The fourth-order valence-corrected chi connectivity index (χ4v) is 6.39. The molecular formula is C25H32F2N6O3S. The number of rotatable bonds is 6. The van der Waals surface area contributed by atoms with E-state index in [1.807, 2.05) is 43.0 Å². The zero-order valence-corrected chi connectivity index (χ0v) is 22.3. The molecule has 1 saturated heterocycles. The van der Waals surface area contributed by atoms with Crippen molar-refractivity contribution >= 4 is 33.3 Å². The molecule has 3 heterocycles. The number of pyridine rings is 1. The Morgan fingerprint density at radius 3 is 2.41 bits per heavy atom. The molecule has 1 amide bonds. The lowest BCUT2D eigenvalue weighted by molar-refractivity contribution is -0.132. The molecule has 2 fully saturated rings. The summed E-state index contributed by atoms with van der Waals surface area (Å²) < 4.78 is 55.3. The predicted molar refractivity (Wildman–Crippen MR) is 139 cm³/mol. The molecule has 5 rings (SSSR count). The second kappa shape index (κ2) is 9.09. The molecule has 2 aromatic rings. The van der Waals surface area contributed by atoms with Crippen molar-refractivity contribution in [1.29, 1.82) is 0 Å². The first-order valence-electron chi connectivity index (χ1n) is 12.3. The van der Waals surface area contributed by atoms with Crippen LogP contribution in [-0.4, -0.2) is 95.4 Å². The maximum absolute atomic E-state index is 13.5. The third kappa shape index (κ3) is 4.72. The highest BCUT2D eigenvalue weighted by Crippen LogP contribution is 2.51. The Hall–Kier alpha value is -2.99. The van der Waals surface area contributed by atoms with E-state index >= 15 is 0 Å². The van der Waals surface area contributed by atoms with E-state index in [-0.39, 0.29) is 18.9 Å². The van der Waals surface area contributed by atoms with E-state index in [1.54, 1.807) is 18.2 Å². The van der Waals surface area contributed by atoms with Crippen LogP contribution in [0.5, 0.6) is 0 Å². The molecule has 12 heteroatoms. The van der Waals surface area contributed by atoms with E-state index in [0.29, 0.717) is 44.1 Å². The Kier molecular flexibility index (Phi) is 6.30. The number of hydrogen-bond donors (Lipinski definition) is 0. The summed E-state index contributed by atoms with van der Waals surface area (Å²) in [5.41, 5.74) is 3.26. The van der Waals surface area contributed by atoms with Crippen molar-refractivity contribution < 1.29 is 22.0 Å². The highest BCUT2D eigenvalue weighted by molar-refractivity contribution is 7.94. The number of halogens is 2. The number of aryl methyl sites for hydroxylation is 1. The van der Waals surface area contributed by atoms with E-state index in [1.165, 1.54) is 7.05 Å². The molecule has 3 aliphatic rings. The van der Waals surface area contributed by atoms with Gasteiger partial charge >= 0.3 is 10.2 Å². The van der Waals surface area contributed by atoms with Gasteiger partial charge < -0.3 is 14.7 Å². The number of nitrogens with zero attached hydrogens (tertiary/aromatic N) is 6. The van der Waals surface area contributed by atoms with Crippen LogP contribution in [0.1, 0.15) is 12.0 Å². The molecule has 1 unspecified atom stereocenters. The van der Waals surface area contributed by atoms with Gasteiger partial charge in [-0.05, 0) is 44.8 Å². The number of benzene rings is 1. The minimum absolute atomic E-state index is 0.110.